The molecule has 0 bridgehead atoms. The number of nitrogens with zero attached hydrogens (tertiary/aromatic N) is 2. The largest absolute Gasteiger partial charge is 0.478 e. The van der Waals surface area contributed by atoms with Crippen LogP contribution in [0.25, 0.3) is 0 Å². The van der Waals surface area contributed by atoms with Crippen LogP contribution in [-0.4, -0.2) is 21.0 Å². The molecule has 1 aromatic heterocycles. The number of aromatic nitrogens is 2. The quantitative estimate of drug-likeness (QED) is 0.927. The maximum absolute atomic E-state index is 11.3. The summed E-state index contributed by atoms with van der Waals surface area (Å²) in [6.07, 6.45) is 0. The van der Waals surface area contributed by atoms with E-state index in [0.29, 0.717) is 11.7 Å². The zero-order chi connectivity index (χ0) is 15.6. The Kier molecular flexibility index (Phi) is 4.21. The Hall–Kier alpha value is -2.43. The fraction of sp³-hybridized carbons (Fsp3) is 0.312. The Morgan fingerprint density at radius 1 is 1.19 bits per heavy atom. The van der Waals surface area contributed by atoms with E-state index < -0.39 is 5.97 Å². The third kappa shape index (κ3) is 3.56. The molecule has 0 unspecified atom stereocenters. The lowest BCUT2D eigenvalue weighted by Crippen LogP contribution is -2.04. The van der Waals surface area contributed by atoms with Gasteiger partial charge in [-0.05, 0) is 26.0 Å². The number of ether oxygens (including phenoxy) is 1. The Labute approximate surface area is 123 Å². The van der Waals surface area contributed by atoms with E-state index in [4.69, 9.17) is 4.74 Å². The van der Waals surface area contributed by atoms with Crippen molar-refractivity contribution in [2.24, 2.45) is 0 Å². The minimum Gasteiger partial charge on any atom is -0.478 e. The van der Waals surface area contributed by atoms with Gasteiger partial charge in [-0.1, -0.05) is 25.5 Å². The third-order valence-electron chi connectivity index (χ3n) is 2.94. The summed E-state index contributed by atoms with van der Waals surface area (Å²) >= 11 is 0. The molecule has 0 saturated heterocycles. The van der Waals surface area contributed by atoms with Crippen molar-refractivity contribution in [2.75, 3.05) is 0 Å². The van der Waals surface area contributed by atoms with E-state index in [-0.39, 0.29) is 17.2 Å². The number of aromatic carboxylic acids is 1. The third-order valence-corrected chi connectivity index (χ3v) is 2.94. The molecule has 5 heteroatoms. The van der Waals surface area contributed by atoms with Gasteiger partial charge in [-0.2, -0.15) is 4.98 Å². The van der Waals surface area contributed by atoms with Gasteiger partial charge in [0, 0.05) is 17.7 Å². The first-order valence-electron chi connectivity index (χ1n) is 6.74. The molecule has 1 N–H and O–H groups in total. The summed E-state index contributed by atoms with van der Waals surface area (Å²) in [7, 11) is 0. The molecule has 1 heterocycles. The second-order valence-electron chi connectivity index (χ2n) is 5.27. The molecule has 0 amide bonds. The van der Waals surface area contributed by atoms with Crippen LogP contribution >= 0.6 is 0 Å². The Bertz CT molecular complexity index is 681. The predicted octanol–water partition coefficient (Wildman–Crippen LogP) is 3.71. The molecule has 0 saturated carbocycles. The number of benzene rings is 1. The van der Waals surface area contributed by atoms with E-state index in [1.54, 1.807) is 24.3 Å². The maximum atomic E-state index is 11.3. The zero-order valence-corrected chi connectivity index (χ0v) is 12.5. The summed E-state index contributed by atoms with van der Waals surface area (Å²) in [6, 6.07) is 6.72. The van der Waals surface area contributed by atoms with E-state index in [2.05, 4.69) is 9.97 Å². The molecule has 21 heavy (non-hydrogen) atoms. The van der Waals surface area contributed by atoms with Crippen LogP contribution in [0.3, 0.4) is 0 Å². The van der Waals surface area contributed by atoms with Gasteiger partial charge < -0.3 is 9.84 Å². The lowest BCUT2D eigenvalue weighted by atomic mass is 10.1. The molecule has 110 valence electrons. The fourth-order valence-electron chi connectivity index (χ4n) is 1.88. The molecular formula is C16H18N2O3. The molecule has 1 aromatic carbocycles. The van der Waals surface area contributed by atoms with Crippen molar-refractivity contribution in [1.29, 1.82) is 0 Å². The molecule has 0 aliphatic heterocycles. The Morgan fingerprint density at radius 3 is 2.52 bits per heavy atom. The average Bonchev–Trinajstić information content (AvgIpc) is 2.40. The van der Waals surface area contributed by atoms with E-state index in [9.17, 15) is 9.90 Å². The smallest absolute Gasteiger partial charge is 0.339 e. The number of carboxylic acid groups (broad SMARTS) is 1. The zero-order valence-electron chi connectivity index (χ0n) is 12.5. The molecule has 0 aliphatic carbocycles. The first-order valence-corrected chi connectivity index (χ1v) is 6.74. The minimum absolute atomic E-state index is 0.123. The molecule has 0 fully saturated rings. The van der Waals surface area contributed by atoms with Crippen molar-refractivity contribution < 1.29 is 14.6 Å². The van der Waals surface area contributed by atoms with Gasteiger partial charge in [-0.15, -0.1) is 0 Å². The van der Waals surface area contributed by atoms with Gasteiger partial charge in [0.2, 0.25) is 5.88 Å². The van der Waals surface area contributed by atoms with Crippen molar-refractivity contribution in [3.05, 3.63) is 46.9 Å². The van der Waals surface area contributed by atoms with Crippen molar-refractivity contribution in [3.63, 3.8) is 0 Å². The molecule has 0 radical (unpaired) electrons. The first kappa shape index (κ1) is 15.0. The standard InChI is InChI=1S/C16H18N2O3/c1-9(2)15-17-11(4)8-14(18-15)21-13-6-5-10(3)7-12(13)16(19)20/h5-9H,1-4H3,(H,19,20). The summed E-state index contributed by atoms with van der Waals surface area (Å²) in [5.74, 6) is 0.459. The highest BCUT2D eigenvalue weighted by Crippen LogP contribution is 2.26. The first-order chi connectivity index (χ1) is 9.86. The lowest BCUT2D eigenvalue weighted by Gasteiger charge is -2.11. The number of carbonyl (C=O) groups is 1. The van der Waals surface area contributed by atoms with Crippen LogP contribution in [0, 0.1) is 13.8 Å². The highest BCUT2D eigenvalue weighted by molar-refractivity contribution is 5.91. The van der Waals surface area contributed by atoms with Crippen molar-refractivity contribution in [2.45, 2.75) is 33.6 Å². The number of carboxylic acids is 1. The Balaban J connectivity index is 2.41. The molecule has 5 nitrogen and oxygen atoms in total. The molecule has 0 aliphatic rings. The molecule has 2 rings (SSSR count). The van der Waals surface area contributed by atoms with Gasteiger partial charge in [-0.3, -0.25) is 0 Å². The van der Waals surface area contributed by atoms with Crippen LogP contribution in [0.15, 0.2) is 24.3 Å². The van der Waals surface area contributed by atoms with Gasteiger partial charge in [0.15, 0.2) is 0 Å². The van der Waals surface area contributed by atoms with E-state index in [1.807, 2.05) is 27.7 Å². The monoisotopic (exact) mass is 286 g/mol. The van der Waals surface area contributed by atoms with E-state index in [1.165, 1.54) is 0 Å². The average molecular weight is 286 g/mol. The van der Waals surface area contributed by atoms with Crippen LogP contribution in [0.1, 0.15) is 47.2 Å². The molecule has 0 atom stereocenters. The highest BCUT2D eigenvalue weighted by Gasteiger charge is 2.14. The van der Waals surface area contributed by atoms with Crippen molar-refractivity contribution >= 4 is 5.97 Å². The van der Waals surface area contributed by atoms with Gasteiger partial charge >= 0.3 is 5.97 Å². The van der Waals surface area contributed by atoms with E-state index >= 15 is 0 Å². The summed E-state index contributed by atoms with van der Waals surface area (Å²) in [5, 5.41) is 9.25. The molecule has 2 aromatic rings. The Morgan fingerprint density at radius 2 is 1.90 bits per heavy atom. The normalized spacial score (nSPS) is 10.7. The van der Waals surface area contributed by atoms with Crippen molar-refractivity contribution in [1.82, 2.24) is 9.97 Å². The minimum atomic E-state index is -1.02. The lowest BCUT2D eigenvalue weighted by molar-refractivity contribution is 0.0694. The molecular weight excluding hydrogens is 268 g/mol. The second kappa shape index (κ2) is 5.91. The maximum Gasteiger partial charge on any atom is 0.339 e. The van der Waals surface area contributed by atoms with Crippen LogP contribution in [0.5, 0.6) is 11.6 Å². The van der Waals surface area contributed by atoms with Crippen molar-refractivity contribution in [3.8, 4) is 11.6 Å². The number of aryl methyl sites for hydroxylation is 2. The van der Waals surface area contributed by atoms with Gasteiger partial charge in [0.25, 0.3) is 0 Å². The number of hydrogen-bond acceptors (Lipinski definition) is 4. The summed E-state index contributed by atoms with van der Waals surface area (Å²) in [4.78, 5) is 20.0. The highest BCUT2D eigenvalue weighted by atomic mass is 16.5. The van der Waals surface area contributed by atoms with Gasteiger partial charge in [0.05, 0.1) is 0 Å². The van der Waals surface area contributed by atoms with Crippen LogP contribution < -0.4 is 4.74 Å². The summed E-state index contributed by atoms with van der Waals surface area (Å²) < 4.78 is 5.67. The van der Waals surface area contributed by atoms with Gasteiger partial charge in [0.1, 0.15) is 17.1 Å². The number of hydrogen-bond donors (Lipinski definition) is 1. The second-order valence-corrected chi connectivity index (χ2v) is 5.27. The van der Waals surface area contributed by atoms with Crippen LogP contribution in [0.2, 0.25) is 0 Å². The topological polar surface area (TPSA) is 72.3 Å². The molecule has 0 spiro atoms. The summed E-state index contributed by atoms with van der Waals surface area (Å²) in [6.45, 7) is 7.68. The summed E-state index contributed by atoms with van der Waals surface area (Å²) in [5.41, 5.74) is 1.77. The predicted molar refractivity (Wildman–Crippen MR) is 79.1 cm³/mol. The van der Waals surface area contributed by atoms with Gasteiger partial charge in [-0.25, -0.2) is 9.78 Å². The SMILES string of the molecule is Cc1ccc(Oc2cc(C)nc(C(C)C)n2)c(C(=O)O)c1. The van der Waals surface area contributed by atoms with E-state index in [0.717, 1.165) is 11.3 Å². The number of rotatable bonds is 4. The van der Waals surface area contributed by atoms with Crippen LogP contribution in [0.4, 0.5) is 0 Å². The van der Waals surface area contributed by atoms with Crippen LogP contribution in [-0.2, 0) is 0 Å². The fourth-order valence-corrected chi connectivity index (χ4v) is 1.88.